The van der Waals surface area contributed by atoms with Gasteiger partial charge in [0.25, 0.3) is 0 Å². The Kier molecular flexibility index (Phi) is 3.81. The molecule has 0 bridgehead atoms. The van der Waals surface area contributed by atoms with Crippen molar-refractivity contribution < 1.29 is 4.52 Å². The minimum atomic E-state index is 0.0143. The average molecular weight is 248 g/mol. The lowest BCUT2D eigenvalue weighted by Crippen LogP contribution is -2.17. The van der Waals surface area contributed by atoms with Crippen molar-refractivity contribution in [2.45, 2.75) is 39.8 Å². The quantitative estimate of drug-likeness (QED) is 0.881. The molecule has 0 amide bonds. The molecule has 0 saturated heterocycles. The number of aromatic nitrogens is 3. The van der Waals surface area contributed by atoms with E-state index in [-0.39, 0.29) is 6.04 Å². The molecule has 0 aliphatic carbocycles. The Bertz CT molecular complexity index is 501. The molecule has 1 unspecified atom stereocenters. The number of rotatable bonds is 5. The molecule has 2 aromatic rings. The van der Waals surface area contributed by atoms with Crippen molar-refractivity contribution in [3.63, 3.8) is 0 Å². The van der Waals surface area contributed by atoms with Gasteiger partial charge >= 0.3 is 0 Å². The number of aryl methyl sites for hydroxylation is 1. The van der Waals surface area contributed by atoms with Gasteiger partial charge in [0, 0.05) is 18.3 Å². The summed E-state index contributed by atoms with van der Waals surface area (Å²) in [5, 5.41) is 3.99. The predicted molar refractivity (Wildman–Crippen MR) is 69.0 cm³/mol. The van der Waals surface area contributed by atoms with Gasteiger partial charge in [0.05, 0.1) is 18.6 Å². The van der Waals surface area contributed by atoms with Gasteiger partial charge < -0.3 is 14.8 Å². The van der Waals surface area contributed by atoms with Crippen LogP contribution in [0.5, 0.6) is 0 Å². The fraction of sp³-hybridized carbons (Fsp3) is 0.538. The maximum atomic E-state index is 6.20. The Morgan fingerprint density at radius 2 is 2.22 bits per heavy atom. The summed E-state index contributed by atoms with van der Waals surface area (Å²) in [7, 11) is 0. The minimum absolute atomic E-state index is 0.0143. The van der Waals surface area contributed by atoms with Crippen molar-refractivity contribution in [3.8, 4) is 0 Å². The zero-order valence-electron chi connectivity index (χ0n) is 11.1. The number of nitrogens with two attached hydrogens (primary N) is 1. The summed E-state index contributed by atoms with van der Waals surface area (Å²) < 4.78 is 7.10. The first-order chi connectivity index (χ1) is 8.56. The van der Waals surface area contributed by atoms with Gasteiger partial charge in [-0.25, -0.2) is 4.98 Å². The summed E-state index contributed by atoms with van der Waals surface area (Å²) in [5.74, 6) is 1.38. The van der Waals surface area contributed by atoms with Crippen LogP contribution in [0.15, 0.2) is 23.1 Å². The summed E-state index contributed by atoms with van der Waals surface area (Å²) in [6.07, 6.45) is 4.57. The third-order valence-electron chi connectivity index (χ3n) is 2.86. The van der Waals surface area contributed by atoms with Crippen molar-refractivity contribution in [2.24, 2.45) is 11.7 Å². The normalized spacial score (nSPS) is 13.2. The van der Waals surface area contributed by atoms with Gasteiger partial charge in [-0.1, -0.05) is 19.0 Å². The van der Waals surface area contributed by atoms with Crippen molar-refractivity contribution in [1.82, 2.24) is 14.7 Å². The van der Waals surface area contributed by atoms with E-state index in [9.17, 15) is 0 Å². The van der Waals surface area contributed by atoms with Gasteiger partial charge in [-0.15, -0.1) is 0 Å². The van der Waals surface area contributed by atoms with Crippen LogP contribution in [-0.2, 0) is 6.54 Å². The van der Waals surface area contributed by atoms with E-state index in [4.69, 9.17) is 10.3 Å². The number of nitrogens with zero attached hydrogens (tertiary/aromatic N) is 3. The molecular weight excluding hydrogens is 228 g/mol. The molecule has 2 heterocycles. The van der Waals surface area contributed by atoms with Crippen LogP contribution in [0, 0.1) is 12.8 Å². The molecule has 0 fully saturated rings. The summed E-state index contributed by atoms with van der Waals surface area (Å²) in [6, 6.07) is 1.94. The molecule has 0 radical (unpaired) electrons. The van der Waals surface area contributed by atoms with Crippen LogP contribution in [0.1, 0.15) is 43.5 Å². The van der Waals surface area contributed by atoms with Crippen LogP contribution in [0.25, 0.3) is 0 Å². The summed E-state index contributed by atoms with van der Waals surface area (Å²) in [6.45, 7) is 6.87. The lowest BCUT2D eigenvalue weighted by Gasteiger charge is -2.15. The zero-order chi connectivity index (χ0) is 13.1. The third-order valence-corrected chi connectivity index (χ3v) is 2.86. The molecule has 5 nitrogen and oxygen atoms in total. The van der Waals surface area contributed by atoms with E-state index in [1.807, 2.05) is 23.8 Å². The number of hydrogen-bond donors (Lipinski definition) is 1. The van der Waals surface area contributed by atoms with Gasteiger partial charge in [0.1, 0.15) is 11.5 Å². The van der Waals surface area contributed by atoms with Crippen LogP contribution < -0.4 is 5.73 Å². The monoisotopic (exact) mass is 248 g/mol. The Morgan fingerprint density at radius 3 is 2.83 bits per heavy atom. The second kappa shape index (κ2) is 5.35. The summed E-state index contributed by atoms with van der Waals surface area (Å²) in [4.78, 5) is 4.18. The second-order valence-corrected chi connectivity index (χ2v) is 5.11. The smallest absolute Gasteiger partial charge is 0.133 e. The number of imidazole rings is 1. The molecular formula is C13H20N4O. The standard InChI is InChI=1S/C13H20N4O/c1-9(2)4-12(14)13-6-15-8-17(13)7-11-5-10(3)18-16-11/h5-6,8-9,12H,4,7,14H2,1-3H3. The Balaban J connectivity index is 2.12. The Morgan fingerprint density at radius 1 is 1.44 bits per heavy atom. The van der Waals surface area contributed by atoms with E-state index in [1.54, 1.807) is 6.33 Å². The highest BCUT2D eigenvalue weighted by Gasteiger charge is 2.14. The molecule has 0 aromatic carbocycles. The molecule has 0 aliphatic rings. The van der Waals surface area contributed by atoms with Crippen molar-refractivity contribution in [1.29, 1.82) is 0 Å². The molecule has 5 heteroatoms. The summed E-state index contributed by atoms with van der Waals surface area (Å²) in [5.41, 5.74) is 8.13. The topological polar surface area (TPSA) is 69.9 Å². The van der Waals surface area contributed by atoms with E-state index in [1.165, 1.54) is 0 Å². The van der Waals surface area contributed by atoms with Crippen molar-refractivity contribution in [3.05, 3.63) is 35.7 Å². The molecule has 0 aliphatic heterocycles. The first-order valence-corrected chi connectivity index (χ1v) is 6.24. The van der Waals surface area contributed by atoms with Crippen LogP contribution in [0.2, 0.25) is 0 Å². The van der Waals surface area contributed by atoms with E-state index >= 15 is 0 Å². The molecule has 18 heavy (non-hydrogen) atoms. The highest BCUT2D eigenvalue weighted by molar-refractivity contribution is 5.10. The maximum absolute atomic E-state index is 6.20. The van der Waals surface area contributed by atoms with E-state index in [2.05, 4.69) is 24.0 Å². The van der Waals surface area contributed by atoms with E-state index < -0.39 is 0 Å². The van der Waals surface area contributed by atoms with Crippen LogP contribution in [-0.4, -0.2) is 14.7 Å². The van der Waals surface area contributed by atoms with E-state index in [0.29, 0.717) is 12.5 Å². The minimum Gasteiger partial charge on any atom is -0.361 e. The van der Waals surface area contributed by atoms with Crippen LogP contribution in [0.4, 0.5) is 0 Å². The van der Waals surface area contributed by atoms with Gasteiger partial charge in [0.15, 0.2) is 0 Å². The van der Waals surface area contributed by atoms with Crippen molar-refractivity contribution >= 4 is 0 Å². The highest BCUT2D eigenvalue weighted by Crippen LogP contribution is 2.19. The first-order valence-electron chi connectivity index (χ1n) is 6.24. The highest BCUT2D eigenvalue weighted by atomic mass is 16.5. The van der Waals surface area contributed by atoms with E-state index in [0.717, 1.165) is 23.6 Å². The average Bonchev–Trinajstić information content (AvgIpc) is 2.87. The van der Waals surface area contributed by atoms with Crippen LogP contribution in [0.3, 0.4) is 0 Å². The van der Waals surface area contributed by atoms with Gasteiger partial charge in [0.2, 0.25) is 0 Å². The molecule has 2 rings (SSSR count). The molecule has 1 atom stereocenters. The Hall–Kier alpha value is -1.62. The molecule has 2 N–H and O–H groups in total. The SMILES string of the molecule is Cc1cc(Cn2cncc2C(N)CC(C)C)no1. The molecule has 98 valence electrons. The largest absolute Gasteiger partial charge is 0.361 e. The predicted octanol–water partition coefficient (Wildman–Crippen LogP) is 2.27. The van der Waals surface area contributed by atoms with Gasteiger partial charge in [-0.3, -0.25) is 0 Å². The fourth-order valence-electron chi connectivity index (χ4n) is 2.07. The van der Waals surface area contributed by atoms with Crippen LogP contribution >= 0.6 is 0 Å². The Labute approximate surface area is 107 Å². The van der Waals surface area contributed by atoms with Gasteiger partial charge in [-0.05, 0) is 19.3 Å². The lowest BCUT2D eigenvalue weighted by atomic mass is 10.0. The third kappa shape index (κ3) is 2.98. The molecule has 2 aromatic heterocycles. The second-order valence-electron chi connectivity index (χ2n) is 5.11. The van der Waals surface area contributed by atoms with Gasteiger partial charge in [-0.2, -0.15) is 0 Å². The van der Waals surface area contributed by atoms with Crippen molar-refractivity contribution in [2.75, 3.05) is 0 Å². The zero-order valence-corrected chi connectivity index (χ0v) is 11.1. The fourth-order valence-corrected chi connectivity index (χ4v) is 2.07. The number of hydrogen-bond acceptors (Lipinski definition) is 4. The molecule has 0 saturated carbocycles. The maximum Gasteiger partial charge on any atom is 0.133 e. The summed E-state index contributed by atoms with van der Waals surface area (Å²) >= 11 is 0. The first kappa shape index (κ1) is 12.8. The lowest BCUT2D eigenvalue weighted by molar-refractivity contribution is 0.388. The molecule has 0 spiro atoms.